The van der Waals surface area contributed by atoms with E-state index in [1.807, 2.05) is 11.3 Å². The highest BCUT2D eigenvalue weighted by molar-refractivity contribution is 8.03. The minimum absolute atomic E-state index is 0.0985. The van der Waals surface area contributed by atoms with Gasteiger partial charge in [-0.15, -0.1) is 23.1 Å². The molecule has 1 amide bonds. The summed E-state index contributed by atoms with van der Waals surface area (Å²) in [5, 5.41) is 3.07. The van der Waals surface area contributed by atoms with Crippen LogP contribution in [0, 0.1) is 0 Å². The first-order valence-electron chi connectivity index (χ1n) is 7.47. The summed E-state index contributed by atoms with van der Waals surface area (Å²) in [6.07, 6.45) is 8.22. The van der Waals surface area contributed by atoms with Gasteiger partial charge in [0.25, 0.3) is 5.91 Å². The lowest BCUT2D eigenvalue weighted by Crippen LogP contribution is -2.32. The lowest BCUT2D eigenvalue weighted by molar-refractivity contribution is -0.117. The summed E-state index contributed by atoms with van der Waals surface area (Å²) in [5.74, 6) is 1.07. The maximum absolute atomic E-state index is 12.2. The molecule has 0 unspecified atom stereocenters. The molecule has 0 saturated heterocycles. The molecule has 2 aliphatic rings. The van der Waals surface area contributed by atoms with E-state index in [9.17, 15) is 4.79 Å². The Morgan fingerprint density at radius 2 is 2.15 bits per heavy atom. The Balaban J connectivity index is 1.83. The average Bonchev–Trinajstić information content (AvgIpc) is 2.84. The Kier molecular flexibility index (Phi) is 4.22. The van der Waals surface area contributed by atoms with Gasteiger partial charge in [-0.1, -0.05) is 6.92 Å². The van der Waals surface area contributed by atoms with Crippen molar-refractivity contribution in [2.45, 2.75) is 57.7 Å². The van der Waals surface area contributed by atoms with Crippen LogP contribution in [0.2, 0.25) is 0 Å². The molecule has 1 aliphatic carbocycles. The highest BCUT2D eigenvalue weighted by Gasteiger charge is 2.25. The molecule has 2 nitrogen and oxygen atoms in total. The van der Waals surface area contributed by atoms with Gasteiger partial charge in [0.1, 0.15) is 0 Å². The first-order chi connectivity index (χ1) is 9.69. The topological polar surface area (TPSA) is 29.1 Å². The quantitative estimate of drug-likeness (QED) is 0.909. The largest absolute Gasteiger partial charge is 0.349 e. The molecule has 20 heavy (non-hydrogen) atoms. The zero-order chi connectivity index (χ0) is 14.1. The number of hydrogen-bond donors (Lipinski definition) is 1. The van der Waals surface area contributed by atoms with Crippen LogP contribution in [0.5, 0.6) is 0 Å². The molecule has 1 atom stereocenters. The molecule has 0 bridgehead atoms. The Bertz CT molecular complexity index is 559. The van der Waals surface area contributed by atoms with Gasteiger partial charge in [0.2, 0.25) is 0 Å². The maximum atomic E-state index is 12.2. The van der Waals surface area contributed by atoms with Crippen molar-refractivity contribution in [3.8, 4) is 0 Å². The van der Waals surface area contributed by atoms with Crippen molar-refractivity contribution < 1.29 is 4.79 Å². The molecule has 1 aromatic heterocycles. The number of fused-ring (bicyclic) bond motifs is 3. The van der Waals surface area contributed by atoms with E-state index in [1.165, 1.54) is 36.1 Å². The number of nitrogens with one attached hydrogen (secondary N) is 1. The fourth-order valence-electron chi connectivity index (χ4n) is 2.77. The van der Waals surface area contributed by atoms with Crippen LogP contribution < -0.4 is 5.32 Å². The summed E-state index contributed by atoms with van der Waals surface area (Å²) in [6.45, 7) is 4.15. The van der Waals surface area contributed by atoms with E-state index in [0.717, 1.165) is 17.1 Å². The third-order valence-electron chi connectivity index (χ3n) is 4.16. The fraction of sp³-hybridized carbons (Fsp3) is 0.562. The van der Waals surface area contributed by atoms with Crippen molar-refractivity contribution >= 4 is 35.1 Å². The van der Waals surface area contributed by atoms with Gasteiger partial charge in [-0.3, -0.25) is 4.79 Å². The van der Waals surface area contributed by atoms with Crippen LogP contribution in [0.3, 0.4) is 0 Å². The minimum atomic E-state index is 0.0985. The summed E-state index contributed by atoms with van der Waals surface area (Å²) >= 11 is 3.61. The molecule has 1 aliphatic heterocycles. The second kappa shape index (κ2) is 5.94. The van der Waals surface area contributed by atoms with Gasteiger partial charge < -0.3 is 5.32 Å². The maximum Gasteiger partial charge on any atom is 0.257 e. The summed E-state index contributed by atoms with van der Waals surface area (Å²) in [4.78, 5) is 16.0. The third-order valence-corrected chi connectivity index (χ3v) is 6.49. The SMILES string of the molecule is CC[C@H](C)NC(=O)C1=Cc2sc3c(c2CS1)CCCC3. The first-order valence-corrected chi connectivity index (χ1v) is 9.28. The van der Waals surface area contributed by atoms with E-state index in [4.69, 9.17) is 0 Å². The fourth-order valence-corrected chi connectivity index (χ4v) is 5.31. The zero-order valence-corrected chi connectivity index (χ0v) is 13.8. The van der Waals surface area contributed by atoms with Crippen LogP contribution in [0.4, 0.5) is 0 Å². The number of carbonyl (C=O) groups is 1. The van der Waals surface area contributed by atoms with Crippen LogP contribution in [0.25, 0.3) is 6.08 Å². The highest BCUT2D eigenvalue weighted by atomic mass is 32.2. The van der Waals surface area contributed by atoms with Crippen LogP contribution >= 0.6 is 23.1 Å². The molecule has 4 heteroatoms. The molecule has 1 aromatic rings. The standard InChI is InChI=1S/C16H21NOS2/c1-3-10(2)17-16(18)15-8-14-12(9-19-15)11-6-4-5-7-13(11)20-14/h8,10H,3-7,9H2,1-2H3,(H,17,18)/t10-/m0/s1. The molecule has 0 spiro atoms. The Morgan fingerprint density at radius 3 is 2.95 bits per heavy atom. The predicted octanol–water partition coefficient (Wildman–Crippen LogP) is 4.13. The number of thiophene rings is 1. The van der Waals surface area contributed by atoms with Crippen LogP contribution in [0.15, 0.2) is 4.91 Å². The van der Waals surface area contributed by atoms with Crippen molar-refractivity contribution in [1.82, 2.24) is 5.32 Å². The Hall–Kier alpha value is -0.740. The van der Waals surface area contributed by atoms with Crippen molar-refractivity contribution in [2.24, 2.45) is 0 Å². The number of thioether (sulfide) groups is 1. The van der Waals surface area contributed by atoms with Crippen molar-refractivity contribution in [1.29, 1.82) is 0 Å². The number of carbonyl (C=O) groups excluding carboxylic acids is 1. The van der Waals surface area contributed by atoms with E-state index in [1.54, 1.807) is 22.2 Å². The van der Waals surface area contributed by atoms with Crippen LogP contribution in [-0.4, -0.2) is 11.9 Å². The predicted molar refractivity (Wildman–Crippen MR) is 88.1 cm³/mol. The van der Waals surface area contributed by atoms with E-state index >= 15 is 0 Å². The molecule has 0 saturated carbocycles. The lowest BCUT2D eigenvalue weighted by Gasteiger charge is -2.17. The van der Waals surface area contributed by atoms with Crippen molar-refractivity contribution in [3.63, 3.8) is 0 Å². The second-order valence-corrected chi connectivity index (χ2v) is 7.79. The molecule has 108 valence electrons. The molecular weight excluding hydrogens is 286 g/mol. The van der Waals surface area contributed by atoms with Crippen LogP contribution in [-0.2, 0) is 23.4 Å². The van der Waals surface area contributed by atoms with Gasteiger partial charge in [-0.25, -0.2) is 0 Å². The monoisotopic (exact) mass is 307 g/mol. The van der Waals surface area contributed by atoms with Crippen molar-refractivity contribution in [2.75, 3.05) is 0 Å². The summed E-state index contributed by atoms with van der Waals surface area (Å²) in [6, 6.07) is 0.252. The smallest absolute Gasteiger partial charge is 0.257 e. The summed E-state index contributed by atoms with van der Waals surface area (Å²) < 4.78 is 0. The van der Waals surface area contributed by atoms with Crippen molar-refractivity contribution in [3.05, 3.63) is 25.8 Å². The Morgan fingerprint density at radius 1 is 1.35 bits per heavy atom. The molecule has 0 fully saturated rings. The number of hydrogen-bond acceptors (Lipinski definition) is 3. The molecule has 3 rings (SSSR count). The number of amides is 1. The van der Waals surface area contributed by atoms with Crippen LogP contribution in [0.1, 0.15) is 54.0 Å². The van der Waals surface area contributed by atoms with E-state index in [-0.39, 0.29) is 11.9 Å². The molecule has 2 heterocycles. The molecular formula is C16H21NOS2. The summed E-state index contributed by atoms with van der Waals surface area (Å²) in [5.41, 5.74) is 3.11. The lowest BCUT2D eigenvalue weighted by atomic mass is 9.95. The van der Waals surface area contributed by atoms with E-state index < -0.39 is 0 Å². The van der Waals surface area contributed by atoms with E-state index in [2.05, 4.69) is 25.2 Å². The van der Waals surface area contributed by atoms with E-state index in [0.29, 0.717) is 0 Å². The zero-order valence-electron chi connectivity index (χ0n) is 12.1. The number of aryl methyl sites for hydroxylation is 1. The van der Waals surface area contributed by atoms with Gasteiger partial charge in [0.05, 0.1) is 4.91 Å². The molecule has 0 radical (unpaired) electrons. The second-order valence-electron chi connectivity index (χ2n) is 5.63. The Labute approximate surface area is 129 Å². The van der Waals surface area contributed by atoms with Gasteiger partial charge in [-0.2, -0.15) is 0 Å². The summed E-state index contributed by atoms with van der Waals surface area (Å²) in [7, 11) is 0. The van der Waals surface area contributed by atoms with Gasteiger partial charge >= 0.3 is 0 Å². The molecule has 1 N–H and O–H groups in total. The normalized spacial score (nSPS) is 18.8. The molecule has 0 aromatic carbocycles. The van der Waals surface area contributed by atoms with Gasteiger partial charge in [-0.05, 0) is 56.2 Å². The number of rotatable bonds is 3. The van der Waals surface area contributed by atoms with Gasteiger partial charge in [0.15, 0.2) is 0 Å². The average molecular weight is 307 g/mol. The third kappa shape index (κ3) is 2.68. The minimum Gasteiger partial charge on any atom is -0.349 e. The first kappa shape index (κ1) is 14.2. The van der Waals surface area contributed by atoms with Gasteiger partial charge in [0, 0.05) is 21.5 Å². The highest BCUT2D eigenvalue weighted by Crippen LogP contribution is 2.42.